The Bertz CT molecular complexity index is 736. The molecule has 19 heavy (non-hydrogen) atoms. The van der Waals surface area contributed by atoms with Crippen LogP contribution in [-0.4, -0.2) is 0 Å². The lowest BCUT2D eigenvalue weighted by Gasteiger charge is -2.12. The number of alkyl halides is 1. The molecule has 0 fully saturated rings. The third-order valence-corrected chi connectivity index (χ3v) is 5.84. The Morgan fingerprint density at radius 3 is 2.58 bits per heavy atom. The third-order valence-electron chi connectivity index (χ3n) is 3.04. The van der Waals surface area contributed by atoms with E-state index in [1.165, 1.54) is 15.6 Å². The first-order chi connectivity index (χ1) is 9.18. The maximum Gasteiger partial charge on any atom is 0.0673 e. The summed E-state index contributed by atoms with van der Waals surface area (Å²) in [6, 6.07) is 14.1. The molecule has 0 aliphatic heterocycles. The fourth-order valence-electron chi connectivity index (χ4n) is 2.08. The van der Waals surface area contributed by atoms with Crippen molar-refractivity contribution in [3.05, 3.63) is 69.0 Å². The van der Waals surface area contributed by atoms with Crippen LogP contribution in [0.25, 0.3) is 10.1 Å². The minimum Gasteiger partial charge on any atom is -0.143 e. The zero-order chi connectivity index (χ0) is 13.4. The van der Waals surface area contributed by atoms with Crippen molar-refractivity contribution in [3.8, 4) is 0 Å². The van der Waals surface area contributed by atoms with Gasteiger partial charge in [-0.3, -0.25) is 0 Å². The third kappa shape index (κ3) is 2.43. The summed E-state index contributed by atoms with van der Waals surface area (Å²) in [5.74, 6) is 0. The fraction of sp³-hybridized carbons (Fsp3) is 0.0667. The van der Waals surface area contributed by atoms with Gasteiger partial charge in [0.15, 0.2) is 0 Å². The normalized spacial score (nSPS) is 12.8. The maximum absolute atomic E-state index is 6.30. The van der Waals surface area contributed by atoms with E-state index in [1.54, 1.807) is 17.4 Å². The minimum absolute atomic E-state index is 0.0508. The van der Waals surface area contributed by atoms with Crippen molar-refractivity contribution in [3.63, 3.8) is 0 Å². The van der Waals surface area contributed by atoms with Crippen LogP contribution in [-0.2, 0) is 0 Å². The van der Waals surface area contributed by atoms with E-state index in [0.29, 0.717) is 10.0 Å². The molecule has 0 bridgehead atoms. The molecule has 0 nitrogen and oxygen atoms in total. The number of fused-ring (bicyclic) bond motifs is 1. The van der Waals surface area contributed by atoms with Crippen molar-refractivity contribution in [1.82, 2.24) is 0 Å². The van der Waals surface area contributed by atoms with E-state index >= 15 is 0 Å². The highest BCUT2D eigenvalue weighted by molar-refractivity contribution is 9.09. The number of benzene rings is 2. The van der Waals surface area contributed by atoms with Crippen LogP contribution in [0.3, 0.4) is 0 Å². The first kappa shape index (κ1) is 13.4. The lowest BCUT2D eigenvalue weighted by atomic mass is 10.0. The molecule has 0 saturated heterocycles. The molecule has 4 heteroatoms. The van der Waals surface area contributed by atoms with Crippen LogP contribution in [0.5, 0.6) is 0 Å². The number of thiophene rings is 1. The van der Waals surface area contributed by atoms with Gasteiger partial charge in [-0.15, -0.1) is 11.3 Å². The summed E-state index contributed by atoms with van der Waals surface area (Å²) in [5, 5.41) is 4.62. The highest BCUT2D eigenvalue weighted by atomic mass is 79.9. The number of hydrogen-bond acceptors (Lipinski definition) is 1. The van der Waals surface area contributed by atoms with E-state index in [-0.39, 0.29) is 4.83 Å². The molecule has 0 aliphatic carbocycles. The predicted molar refractivity (Wildman–Crippen MR) is 89.1 cm³/mol. The highest BCUT2D eigenvalue weighted by Crippen LogP contribution is 2.42. The second-order valence-corrected chi connectivity index (χ2v) is 6.80. The molecular formula is C15H9BrCl2S. The van der Waals surface area contributed by atoms with Crippen molar-refractivity contribution in [2.75, 3.05) is 0 Å². The molecule has 0 aliphatic rings. The van der Waals surface area contributed by atoms with Crippen LogP contribution in [0, 0.1) is 0 Å². The molecular weight excluding hydrogens is 363 g/mol. The van der Waals surface area contributed by atoms with Gasteiger partial charge in [-0.05, 0) is 34.0 Å². The van der Waals surface area contributed by atoms with Crippen molar-refractivity contribution in [1.29, 1.82) is 0 Å². The summed E-state index contributed by atoms with van der Waals surface area (Å²) < 4.78 is 1.28. The monoisotopic (exact) mass is 370 g/mol. The van der Waals surface area contributed by atoms with Gasteiger partial charge in [0.25, 0.3) is 0 Å². The van der Waals surface area contributed by atoms with Gasteiger partial charge in [0.2, 0.25) is 0 Å². The Labute approximate surface area is 134 Å². The molecule has 3 aromatic rings. The van der Waals surface area contributed by atoms with Crippen LogP contribution in [0.4, 0.5) is 0 Å². The topological polar surface area (TPSA) is 0 Å². The number of rotatable bonds is 2. The molecule has 0 saturated carbocycles. The van der Waals surface area contributed by atoms with Crippen LogP contribution < -0.4 is 0 Å². The predicted octanol–water partition coefficient (Wildman–Crippen LogP) is 6.69. The van der Waals surface area contributed by atoms with Gasteiger partial charge in [0.05, 0.1) is 14.9 Å². The first-order valence-electron chi connectivity index (χ1n) is 5.72. The quantitative estimate of drug-likeness (QED) is 0.440. The minimum atomic E-state index is 0.0508. The van der Waals surface area contributed by atoms with E-state index in [0.717, 1.165) is 5.56 Å². The van der Waals surface area contributed by atoms with Gasteiger partial charge in [0.1, 0.15) is 0 Å². The van der Waals surface area contributed by atoms with Crippen molar-refractivity contribution in [2.24, 2.45) is 0 Å². The standard InChI is InChI=1S/C15H9BrCl2S/c16-14(10-5-3-6-12(17)15(10)18)11-8-19-13-7-2-1-4-9(11)13/h1-8,14H. The van der Waals surface area contributed by atoms with E-state index < -0.39 is 0 Å². The summed E-state index contributed by atoms with van der Waals surface area (Å²) in [6.45, 7) is 0. The molecule has 0 amide bonds. The van der Waals surface area contributed by atoms with E-state index in [4.69, 9.17) is 23.2 Å². The fourth-order valence-corrected chi connectivity index (χ4v) is 4.55. The summed E-state index contributed by atoms with van der Waals surface area (Å²) in [5.41, 5.74) is 2.22. The SMILES string of the molecule is Clc1cccc(C(Br)c2csc3ccccc23)c1Cl. The van der Waals surface area contributed by atoms with Gasteiger partial charge < -0.3 is 0 Å². The van der Waals surface area contributed by atoms with Crippen LogP contribution in [0.2, 0.25) is 10.0 Å². The average Bonchev–Trinajstić information content (AvgIpc) is 2.85. The lowest BCUT2D eigenvalue weighted by Crippen LogP contribution is -1.93. The number of halogens is 3. The van der Waals surface area contributed by atoms with E-state index in [2.05, 4.69) is 45.6 Å². The Morgan fingerprint density at radius 1 is 0.947 bits per heavy atom. The maximum atomic E-state index is 6.30. The zero-order valence-electron chi connectivity index (χ0n) is 9.74. The van der Waals surface area contributed by atoms with Crippen molar-refractivity contribution >= 4 is 60.6 Å². The van der Waals surface area contributed by atoms with Crippen molar-refractivity contribution in [2.45, 2.75) is 4.83 Å². The van der Waals surface area contributed by atoms with Gasteiger partial charge >= 0.3 is 0 Å². The van der Waals surface area contributed by atoms with Crippen molar-refractivity contribution < 1.29 is 0 Å². The Balaban J connectivity index is 2.13. The molecule has 0 radical (unpaired) electrons. The molecule has 1 heterocycles. The van der Waals surface area contributed by atoms with Gasteiger partial charge in [-0.1, -0.05) is 69.5 Å². The lowest BCUT2D eigenvalue weighted by molar-refractivity contribution is 1.21. The molecule has 1 unspecified atom stereocenters. The molecule has 0 N–H and O–H groups in total. The van der Waals surface area contributed by atoms with Crippen LogP contribution in [0.15, 0.2) is 47.8 Å². The smallest absolute Gasteiger partial charge is 0.0673 e. The largest absolute Gasteiger partial charge is 0.143 e. The second kappa shape index (κ2) is 5.45. The molecule has 96 valence electrons. The molecule has 1 atom stereocenters. The summed E-state index contributed by atoms with van der Waals surface area (Å²) in [4.78, 5) is 0.0508. The zero-order valence-corrected chi connectivity index (χ0v) is 13.7. The average molecular weight is 372 g/mol. The molecule has 0 spiro atoms. The van der Waals surface area contributed by atoms with Crippen LogP contribution >= 0.6 is 50.5 Å². The van der Waals surface area contributed by atoms with Gasteiger partial charge in [-0.2, -0.15) is 0 Å². The highest BCUT2D eigenvalue weighted by Gasteiger charge is 2.18. The second-order valence-electron chi connectivity index (χ2n) is 4.19. The Kier molecular flexibility index (Phi) is 3.86. The molecule has 3 rings (SSSR count). The summed E-state index contributed by atoms with van der Waals surface area (Å²) >= 11 is 17.9. The molecule has 2 aromatic carbocycles. The van der Waals surface area contributed by atoms with E-state index in [9.17, 15) is 0 Å². The van der Waals surface area contributed by atoms with Gasteiger partial charge in [-0.25, -0.2) is 0 Å². The van der Waals surface area contributed by atoms with Crippen LogP contribution in [0.1, 0.15) is 16.0 Å². The Morgan fingerprint density at radius 2 is 1.74 bits per heavy atom. The van der Waals surface area contributed by atoms with Gasteiger partial charge in [0, 0.05) is 4.70 Å². The Hall–Kier alpha value is -0.540. The van der Waals surface area contributed by atoms with E-state index in [1.807, 2.05) is 12.1 Å². The first-order valence-corrected chi connectivity index (χ1v) is 8.27. The summed E-state index contributed by atoms with van der Waals surface area (Å²) in [7, 11) is 0. The summed E-state index contributed by atoms with van der Waals surface area (Å²) in [6.07, 6.45) is 0. The molecule has 1 aromatic heterocycles. The number of hydrogen-bond donors (Lipinski definition) is 0.